The summed E-state index contributed by atoms with van der Waals surface area (Å²) in [5, 5.41) is 5.69. The molecule has 0 spiro atoms. The Kier molecular flexibility index (Phi) is 8.10. The van der Waals surface area contributed by atoms with Crippen LogP contribution in [0.3, 0.4) is 0 Å². The minimum absolute atomic E-state index is 0.437. The van der Waals surface area contributed by atoms with Gasteiger partial charge in [-0.2, -0.15) is 0 Å². The number of thiophene rings is 1. The molecule has 0 aliphatic carbocycles. The molecule has 1 aromatic rings. The van der Waals surface area contributed by atoms with Crippen molar-refractivity contribution >= 4 is 27.3 Å². The minimum atomic E-state index is 0.437. The van der Waals surface area contributed by atoms with Crippen LogP contribution >= 0.6 is 27.3 Å². The molecule has 1 N–H and O–H groups in total. The molecule has 0 fully saturated rings. The Morgan fingerprint density at radius 2 is 2.24 bits per heavy atom. The first kappa shape index (κ1) is 15.2. The van der Waals surface area contributed by atoms with E-state index in [1.165, 1.54) is 15.8 Å². The maximum atomic E-state index is 5.65. The molecule has 17 heavy (non-hydrogen) atoms. The zero-order chi connectivity index (χ0) is 12.5. The SMILES string of the molecule is CCCNC(COCCC)Cc1cc(Br)cs1. The second kappa shape index (κ2) is 9.09. The molecule has 4 heteroatoms. The van der Waals surface area contributed by atoms with Crippen molar-refractivity contribution < 1.29 is 4.74 Å². The van der Waals surface area contributed by atoms with Gasteiger partial charge in [0.25, 0.3) is 0 Å². The summed E-state index contributed by atoms with van der Waals surface area (Å²) in [6.45, 7) is 7.07. The molecular weight excluding hydrogens is 298 g/mol. The number of ether oxygens (including phenoxy) is 1. The van der Waals surface area contributed by atoms with E-state index in [-0.39, 0.29) is 0 Å². The summed E-state index contributed by atoms with van der Waals surface area (Å²) >= 11 is 5.31. The van der Waals surface area contributed by atoms with E-state index in [1.807, 2.05) is 11.3 Å². The fourth-order valence-electron chi connectivity index (χ4n) is 1.61. The Bertz CT molecular complexity index is 303. The first-order valence-electron chi connectivity index (χ1n) is 6.30. The minimum Gasteiger partial charge on any atom is -0.380 e. The van der Waals surface area contributed by atoms with Gasteiger partial charge < -0.3 is 10.1 Å². The fourth-order valence-corrected chi connectivity index (χ4v) is 3.14. The average molecular weight is 320 g/mol. The first-order chi connectivity index (χ1) is 8.26. The highest BCUT2D eigenvalue weighted by Crippen LogP contribution is 2.21. The van der Waals surface area contributed by atoms with E-state index in [0.29, 0.717) is 6.04 Å². The normalized spacial score (nSPS) is 12.9. The van der Waals surface area contributed by atoms with Crippen LogP contribution in [-0.4, -0.2) is 25.8 Å². The lowest BCUT2D eigenvalue weighted by Gasteiger charge is -2.17. The van der Waals surface area contributed by atoms with E-state index >= 15 is 0 Å². The molecule has 1 aromatic heterocycles. The highest BCUT2D eigenvalue weighted by Gasteiger charge is 2.10. The summed E-state index contributed by atoms with van der Waals surface area (Å²) in [7, 11) is 0. The molecule has 1 atom stereocenters. The zero-order valence-electron chi connectivity index (χ0n) is 10.7. The first-order valence-corrected chi connectivity index (χ1v) is 7.97. The van der Waals surface area contributed by atoms with E-state index in [2.05, 4.69) is 46.5 Å². The van der Waals surface area contributed by atoms with E-state index in [4.69, 9.17) is 4.74 Å². The lowest BCUT2D eigenvalue weighted by molar-refractivity contribution is 0.112. The molecule has 0 aliphatic rings. The van der Waals surface area contributed by atoms with Crippen LogP contribution < -0.4 is 5.32 Å². The molecule has 98 valence electrons. The van der Waals surface area contributed by atoms with Crippen LogP contribution in [-0.2, 0) is 11.2 Å². The molecule has 0 radical (unpaired) electrons. The smallest absolute Gasteiger partial charge is 0.0623 e. The topological polar surface area (TPSA) is 21.3 Å². The Balaban J connectivity index is 2.38. The van der Waals surface area contributed by atoms with Crippen LogP contribution in [0.4, 0.5) is 0 Å². The number of rotatable bonds is 9. The van der Waals surface area contributed by atoms with Crippen molar-refractivity contribution in [3.05, 3.63) is 20.8 Å². The van der Waals surface area contributed by atoms with Gasteiger partial charge in [-0.1, -0.05) is 13.8 Å². The summed E-state index contributed by atoms with van der Waals surface area (Å²) in [4.78, 5) is 1.41. The van der Waals surface area contributed by atoms with Gasteiger partial charge >= 0.3 is 0 Å². The van der Waals surface area contributed by atoms with Crippen molar-refractivity contribution in [2.24, 2.45) is 0 Å². The molecular formula is C13H22BrNOS. The van der Waals surface area contributed by atoms with Gasteiger partial charge in [0.1, 0.15) is 0 Å². The Morgan fingerprint density at radius 1 is 1.41 bits per heavy atom. The molecule has 0 saturated carbocycles. The fraction of sp³-hybridized carbons (Fsp3) is 0.692. The van der Waals surface area contributed by atoms with Gasteiger partial charge in [0.15, 0.2) is 0 Å². The predicted octanol–water partition coefficient (Wildman–Crippen LogP) is 3.85. The summed E-state index contributed by atoms with van der Waals surface area (Å²) in [6, 6.07) is 2.64. The number of hydrogen-bond donors (Lipinski definition) is 1. The molecule has 1 unspecified atom stereocenters. The largest absolute Gasteiger partial charge is 0.380 e. The van der Waals surface area contributed by atoms with Gasteiger partial charge in [-0.15, -0.1) is 11.3 Å². The predicted molar refractivity (Wildman–Crippen MR) is 78.9 cm³/mol. The van der Waals surface area contributed by atoms with E-state index < -0.39 is 0 Å². The maximum Gasteiger partial charge on any atom is 0.0623 e. The molecule has 1 heterocycles. The van der Waals surface area contributed by atoms with E-state index in [0.717, 1.165) is 32.6 Å². The molecule has 0 amide bonds. The van der Waals surface area contributed by atoms with Gasteiger partial charge in [0.05, 0.1) is 6.61 Å². The molecule has 0 saturated heterocycles. The monoisotopic (exact) mass is 319 g/mol. The standard InChI is InChI=1S/C13H22BrNOS/c1-3-5-15-12(9-16-6-4-2)8-13-7-11(14)10-17-13/h7,10,12,15H,3-6,8-9H2,1-2H3. The van der Waals surface area contributed by atoms with Crippen LogP contribution in [0.5, 0.6) is 0 Å². The van der Waals surface area contributed by atoms with Crippen molar-refractivity contribution in [2.75, 3.05) is 19.8 Å². The summed E-state index contributed by atoms with van der Waals surface area (Å²) in [6.07, 6.45) is 3.31. The number of hydrogen-bond acceptors (Lipinski definition) is 3. The van der Waals surface area contributed by atoms with E-state index in [9.17, 15) is 0 Å². The van der Waals surface area contributed by atoms with Crippen molar-refractivity contribution in [1.29, 1.82) is 0 Å². The second-order valence-electron chi connectivity index (χ2n) is 4.16. The zero-order valence-corrected chi connectivity index (χ0v) is 13.1. The van der Waals surface area contributed by atoms with Crippen LogP contribution in [0.1, 0.15) is 31.6 Å². The maximum absolute atomic E-state index is 5.65. The molecule has 0 aromatic carbocycles. The Labute approximate surface area is 117 Å². The highest BCUT2D eigenvalue weighted by molar-refractivity contribution is 9.10. The van der Waals surface area contributed by atoms with Crippen LogP contribution in [0.15, 0.2) is 15.9 Å². The van der Waals surface area contributed by atoms with Crippen LogP contribution in [0, 0.1) is 0 Å². The van der Waals surface area contributed by atoms with Gasteiger partial charge in [0.2, 0.25) is 0 Å². The molecule has 0 bridgehead atoms. The molecule has 1 rings (SSSR count). The van der Waals surface area contributed by atoms with Crippen molar-refractivity contribution in [2.45, 2.75) is 39.2 Å². The van der Waals surface area contributed by atoms with Crippen molar-refractivity contribution in [3.8, 4) is 0 Å². The van der Waals surface area contributed by atoms with Crippen LogP contribution in [0.25, 0.3) is 0 Å². The lowest BCUT2D eigenvalue weighted by Crippen LogP contribution is -2.35. The van der Waals surface area contributed by atoms with Crippen molar-refractivity contribution in [3.63, 3.8) is 0 Å². The Morgan fingerprint density at radius 3 is 2.82 bits per heavy atom. The third kappa shape index (κ3) is 6.55. The third-order valence-electron chi connectivity index (χ3n) is 2.42. The highest BCUT2D eigenvalue weighted by atomic mass is 79.9. The molecule has 0 aliphatic heterocycles. The van der Waals surface area contributed by atoms with Gasteiger partial charge in [-0.25, -0.2) is 0 Å². The van der Waals surface area contributed by atoms with Gasteiger partial charge in [0, 0.05) is 27.4 Å². The van der Waals surface area contributed by atoms with Gasteiger partial charge in [-0.05, 0) is 47.8 Å². The summed E-state index contributed by atoms with van der Waals surface area (Å²) in [5.41, 5.74) is 0. The van der Waals surface area contributed by atoms with E-state index in [1.54, 1.807) is 0 Å². The average Bonchev–Trinajstić information content (AvgIpc) is 2.72. The summed E-state index contributed by atoms with van der Waals surface area (Å²) in [5.74, 6) is 0. The quantitative estimate of drug-likeness (QED) is 0.698. The molecule has 2 nitrogen and oxygen atoms in total. The number of nitrogens with one attached hydrogen (secondary N) is 1. The second-order valence-corrected chi connectivity index (χ2v) is 6.07. The van der Waals surface area contributed by atoms with Crippen molar-refractivity contribution in [1.82, 2.24) is 5.32 Å². The van der Waals surface area contributed by atoms with Crippen LogP contribution in [0.2, 0.25) is 0 Å². The Hall–Kier alpha value is 0.1000. The third-order valence-corrected chi connectivity index (χ3v) is 4.14. The van der Waals surface area contributed by atoms with Gasteiger partial charge in [-0.3, -0.25) is 0 Å². The lowest BCUT2D eigenvalue weighted by atomic mass is 10.2. The summed E-state index contributed by atoms with van der Waals surface area (Å²) < 4.78 is 6.83. The number of halogens is 1.